The van der Waals surface area contributed by atoms with Gasteiger partial charge in [-0.05, 0) is 112 Å². The monoisotopic (exact) mass is 582 g/mol. The summed E-state index contributed by atoms with van der Waals surface area (Å²) in [7, 11) is 1.31. The lowest BCUT2D eigenvalue weighted by molar-refractivity contribution is 0.0511. The fourth-order valence-corrected chi connectivity index (χ4v) is 5.99. The predicted molar refractivity (Wildman–Crippen MR) is 174 cm³/mol. The Bertz CT molecular complexity index is 1120. The molecule has 1 heterocycles. The number of carbonyl (C=O) groups is 1. The van der Waals surface area contributed by atoms with Crippen LogP contribution in [0.15, 0.2) is 24.3 Å². The van der Waals surface area contributed by atoms with Gasteiger partial charge >= 0.3 is 5.97 Å². The molecule has 0 aliphatic carbocycles. The van der Waals surface area contributed by atoms with Gasteiger partial charge in [-0.1, -0.05) is 72.6 Å². The minimum atomic E-state index is -0.398. The maximum Gasteiger partial charge on any atom is 0.337 e. The van der Waals surface area contributed by atoms with E-state index in [1.807, 2.05) is 13.8 Å². The fraction of sp³-hybridized carbons (Fsp3) is 0.649. The van der Waals surface area contributed by atoms with E-state index in [2.05, 4.69) is 46.3 Å². The first-order chi connectivity index (χ1) is 19.8. The van der Waals surface area contributed by atoms with Crippen LogP contribution in [0.3, 0.4) is 0 Å². The third-order valence-corrected chi connectivity index (χ3v) is 9.16. The second-order valence-corrected chi connectivity index (χ2v) is 13.5. The molecular weight excluding hydrogens is 524 g/mol. The summed E-state index contributed by atoms with van der Waals surface area (Å²) >= 11 is 0. The quantitative estimate of drug-likeness (QED) is 0.230. The number of aromatic hydroxyl groups is 2. The number of methoxy groups -OCH3 is 1. The molecule has 2 aromatic carbocycles. The van der Waals surface area contributed by atoms with Crippen molar-refractivity contribution >= 4 is 5.97 Å². The van der Waals surface area contributed by atoms with E-state index >= 15 is 0 Å². The highest BCUT2D eigenvalue weighted by molar-refractivity contribution is 5.89. The first-order valence-electron chi connectivity index (χ1n) is 16.2. The summed E-state index contributed by atoms with van der Waals surface area (Å²) in [6.45, 7) is 17.9. The first kappa shape index (κ1) is 35.5. The second-order valence-electron chi connectivity index (χ2n) is 13.5. The maximum absolute atomic E-state index is 10.8. The van der Waals surface area contributed by atoms with Gasteiger partial charge in [-0.2, -0.15) is 0 Å². The van der Waals surface area contributed by atoms with Crippen molar-refractivity contribution < 1.29 is 24.5 Å². The molecule has 2 unspecified atom stereocenters. The Labute approximate surface area is 256 Å². The number of carbonyl (C=O) groups excluding carboxylic acids is 1. The highest BCUT2D eigenvalue weighted by Gasteiger charge is 2.34. The SMILES string of the molecule is COC(=O)c1ccc(O)cc1.Cc1c(C)c2c(c(C)c1O)CC[C@@](C)(CCCC(C)CCCC(C)CCCC(C)C)O2. The summed E-state index contributed by atoms with van der Waals surface area (Å²) < 4.78 is 11.1. The van der Waals surface area contributed by atoms with Crippen molar-refractivity contribution in [3.8, 4) is 17.2 Å². The Morgan fingerprint density at radius 1 is 0.857 bits per heavy atom. The number of esters is 1. The zero-order valence-electron chi connectivity index (χ0n) is 27.9. The van der Waals surface area contributed by atoms with E-state index < -0.39 is 5.97 Å². The predicted octanol–water partition coefficient (Wildman–Crippen LogP) is 10.0. The highest BCUT2D eigenvalue weighted by atomic mass is 16.5. The Kier molecular flexibility index (Phi) is 14.2. The molecule has 1 aliphatic heterocycles. The summed E-state index contributed by atoms with van der Waals surface area (Å²) in [6, 6.07) is 5.88. The number of benzene rings is 2. The van der Waals surface area contributed by atoms with Crippen LogP contribution in [0.2, 0.25) is 0 Å². The normalized spacial score (nSPS) is 17.5. The van der Waals surface area contributed by atoms with E-state index in [9.17, 15) is 9.90 Å². The Balaban J connectivity index is 0.000000468. The fourth-order valence-electron chi connectivity index (χ4n) is 5.99. The van der Waals surface area contributed by atoms with Crippen LogP contribution >= 0.6 is 0 Å². The smallest absolute Gasteiger partial charge is 0.337 e. The molecule has 5 heteroatoms. The minimum Gasteiger partial charge on any atom is -0.508 e. The number of phenols is 2. The summed E-state index contributed by atoms with van der Waals surface area (Å²) in [4.78, 5) is 10.8. The summed E-state index contributed by atoms with van der Waals surface area (Å²) in [6.07, 6.45) is 14.1. The van der Waals surface area contributed by atoms with Crippen molar-refractivity contribution in [2.24, 2.45) is 17.8 Å². The lowest BCUT2D eigenvalue weighted by Gasteiger charge is -2.38. The molecule has 0 saturated heterocycles. The number of hydrogen-bond acceptors (Lipinski definition) is 5. The third-order valence-electron chi connectivity index (χ3n) is 9.16. The van der Waals surface area contributed by atoms with Gasteiger partial charge in [0.15, 0.2) is 0 Å². The molecule has 0 spiro atoms. The van der Waals surface area contributed by atoms with Crippen LogP contribution in [0, 0.1) is 38.5 Å². The number of ether oxygens (including phenoxy) is 2. The van der Waals surface area contributed by atoms with E-state index in [1.54, 1.807) is 0 Å². The molecule has 1 aliphatic rings. The van der Waals surface area contributed by atoms with Crippen LogP contribution in [0.1, 0.15) is 131 Å². The van der Waals surface area contributed by atoms with Gasteiger partial charge in [0, 0.05) is 5.56 Å². The van der Waals surface area contributed by atoms with E-state index in [4.69, 9.17) is 9.84 Å². The zero-order valence-corrected chi connectivity index (χ0v) is 27.9. The zero-order chi connectivity index (χ0) is 31.4. The second kappa shape index (κ2) is 16.8. The maximum atomic E-state index is 10.8. The van der Waals surface area contributed by atoms with Crippen LogP contribution in [0.5, 0.6) is 17.2 Å². The van der Waals surface area contributed by atoms with Gasteiger partial charge < -0.3 is 19.7 Å². The summed E-state index contributed by atoms with van der Waals surface area (Å²) in [5.41, 5.74) is 4.66. The molecule has 0 saturated carbocycles. The van der Waals surface area contributed by atoms with Crippen LogP contribution < -0.4 is 4.74 Å². The van der Waals surface area contributed by atoms with Crippen LogP contribution in [-0.2, 0) is 11.2 Å². The molecule has 42 heavy (non-hydrogen) atoms. The summed E-state index contributed by atoms with van der Waals surface area (Å²) in [5, 5.41) is 19.2. The number of rotatable bonds is 13. The Morgan fingerprint density at radius 2 is 1.40 bits per heavy atom. The van der Waals surface area contributed by atoms with Gasteiger partial charge in [0.2, 0.25) is 0 Å². The minimum absolute atomic E-state index is 0.0712. The Morgan fingerprint density at radius 3 is 1.95 bits per heavy atom. The molecule has 5 nitrogen and oxygen atoms in total. The van der Waals surface area contributed by atoms with E-state index in [0.717, 1.165) is 59.5 Å². The topological polar surface area (TPSA) is 76.0 Å². The standard InChI is InChI=1S/C29H50O2.C8H8O3/c1-20(2)12-9-13-21(3)14-10-15-22(4)16-11-18-29(8)19-17-26-25(7)27(30)23(5)24(6)28(26)31-29;1-11-8(10)6-2-4-7(9)5-3-6/h20-22,30H,9-19H2,1-8H3;2-5,9H,1H3/t21?,22?,29-;/m1./s1. The lowest BCUT2D eigenvalue weighted by Crippen LogP contribution is -2.37. The molecule has 0 amide bonds. The van der Waals surface area contributed by atoms with E-state index in [1.165, 1.54) is 88.3 Å². The lowest BCUT2D eigenvalue weighted by atomic mass is 9.84. The van der Waals surface area contributed by atoms with Gasteiger partial charge in [0.05, 0.1) is 12.7 Å². The van der Waals surface area contributed by atoms with E-state index in [-0.39, 0.29) is 11.4 Å². The van der Waals surface area contributed by atoms with Gasteiger partial charge in [-0.3, -0.25) is 0 Å². The van der Waals surface area contributed by atoms with Crippen LogP contribution in [-0.4, -0.2) is 28.9 Å². The Hall–Kier alpha value is -2.69. The van der Waals surface area contributed by atoms with Crippen molar-refractivity contribution in [1.82, 2.24) is 0 Å². The molecular formula is C37H58O5. The van der Waals surface area contributed by atoms with Crippen molar-refractivity contribution in [3.63, 3.8) is 0 Å². The number of hydrogen-bond donors (Lipinski definition) is 2. The van der Waals surface area contributed by atoms with Crippen molar-refractivity contribution in [2.45, 2.75) is 132 Å². The van der Waals surface area contributed by atoms with Crippen LogP contribution in [0.25, 0.3) is 0 Å². The largest absolute Gasteiger partial charge is 0.508 e. The molecule has 0 fully saturated rings. The first-order valence-corrected chi connectivity index (χ1v) is 16.2. The van der Waals surface area contributed by atoms with E-state index in [0.29, 0.717) is 11.3 Å². The highest BCUT2D eigenvalue weighted by Crippen LogP contribution is 2.44. The molecule has 2 N–H and O–H groups in total. The molecule has 0 aromatic heterocycles. The molecule has 2 aromatic rings. The van der Waals surface area contributed by atoms with Gasteiger partial charge in [-0.15, -0.1) is 0 Å². The van der Waals surface area contributed by atoms with Gasteiger partial charge in [0.25, 0.3) is 0 Å². The average molecular weight is 583 g/mol. The van der Waals surface area contributed by atoms with Crippen molar-refractivity contribution in [1.29, 1.82) is 0 Å². The van der Waals surface area contributed by atoms with Crippen LogP contribution in [0.4, 0.5) is 0 Å². The molecule has 236 valence electrons. The van der Waals surface area contributed by atoms with Crippen molar-refractivity contribution in [2.75, 3.05) is 7.11 Å². The number of phenolic OH excluding ortho intramolecular Hbond substituents is 2. The third kappa shape index (κ3) is 10.9. The summed E-state index contributed by atoms with van der Waals surface area (Å²) in [5.74, 6) is 3.77. The van der Waals surface area contributed by atoms with Gasteiger partial charge in [-0.25, -0.2) is 4.79 Å². The molecule has 3 atom stereocenters. The molecule has 0 bridgehead atoms. The van der Waals surface area contributed by atoms with Gasteiger partial charge in [0.1, 0.15) is 22.8 Å². The van der Waals surface area contributed by atoms with Crippen molar-refractivity contribution in [3.05, 3.63) is 52.1 Å². The average Bonchev–Trinajstić information content (AvgIpc) is 2.95. The molecule has 0 radical (unpaired) electrons. The number of fused-ring (bicyclic) bond motifs is 1. The molecule has 3 rings (SSSR count).